The number of carbonyl (C=O) groups excluding carboxylic acids is 1. The molecule has 0 spiro atoms. The van der Waals surface area contributed by atoms with Crippen LogP contribution in [0.15, 0.2) is 36.9 Å². The average molecular weight is 288 g/mol. The van der Waals surface area contributed by atoms with Gasteiger partial charge >= 0.3 is 0 Å². The maximum absolute atomic E-state index is 12.4. The van der Waals surface area contributed by atoms with Gasteiger partial charge in [0.2, 0.25) is 5.91 Å². The minimum Gasteiger partial charge on any atom is -0.324 e. The molecule has 6 heteroatoms. The van der Waals surface area contributed by atoms with Crippen molar-refractivity contribution < 1.29 is 4.79 Å². The van der Waals surface area contributed by atoms with E-state index in [1.807, 2.05) is 16.7 Å². The summed E-state index contributed by atoms with van der Waals surface area (Å²) in [7, 11) is 0. The smallest absolute Gasteiger partial charge is 0.245 e. The van der Waals surface area contributed by atoms with Gasteiger partial charge in [0.05, 0.1) is 0 Å². The molecule has 2 heterocycles. The molecule has 1 aromatic heterocycles. The molecule has 1 aliphatic rings. The Bertz CT molecular complexity index is 582. The van der Waals surface area contributed by atoms with Gasteiger partial charge in [0.25, 0.3) is 0 Å². The van der Waals surface area contributed by atoms with Crippen molar-refractivity contribution >= 4 is 17.7 Å². The molecule has 1 fully saturated rings. The number of carbonyl (C=O) groups is 1. The van der Waals surface area contributed by atoms with Gasteiger partial charge in [-0.1, -0.05) is 29.8 Å². The molecule has 0 aliphatic carbocycles. The van der Waals surface area contributed by atoms with Gasteiger partial charge in [0.15, 0.2) is 0 Å². The fourth-order valence-corrected chi connectivity index (χ4v) is 3.55. The fraction of sp³-hybridized carbons (Fsp3) is 0.357. The van der Waals surface area contributed by atoms with E-state index >= 15 is 0 Å². The topological polar surface area (TPSA) is 51.0 Å². The van der Waals surface area contributed by atoms with E-state index in [9.17, 15) is 4.79 Å². The second-order valence-electron chi connectivity index (χ2n) is 4.81. The molecule has 0 radical (unpaired) electrons. The molecule has 1 amide bonds. The molecule has 1 aromatic carbocycles. The number of benzene rings is 1. The van der Waals surface area contributed by atoms with Crippen LogP contribution >= 0.6 is 11.8 Å². The van der Waals surface area contributed by atoms with E-state index in [1.54, 1.807) is 11.0 Å². The van der Waals surface area contributed by atoms with Crippen molar-refractivity contribution in [1.29, 1.82) is 0 Å². The van der Waals surface area contributed by atoms with Crippen LogP contribution in [0, 0.1) is 6.92 Å². The van der Waals surface area contributed by atoms with E-state index in [0.717, 1.165) is 12.3 Å². The Morgan fingerprint density at radius 1 is 1.40 bits per heavy atom. The number of nitrogens with zero attached hydrogens (tertiary/aromatic N) is 4. The van der Waals surface area contributed by atoms with Crippen LogP contribution in [-0.4, -0.2) is 37.9 Å². The molecular weight excluding hydrogens is 272 g/mol. The van der Waals surface area contributed by atoms with E-state index in [2.05, 4.69) is 41.3 Å². The molecule has 0 saturated carbocycles. The van der Waals surface area contributed by atoms with Gasteiger partial charge in [-0.15, -0.1) is 11.8 Å². The SMILES string of the molecule is Cc1ccc(C2SCCN2C(=O)Cn2cncn2)cc1. The lowest BCUT2D eigenvalue weighted by molar-refractivity contribution is -0.132. The predicted molar refractivity (Wildman–Crippen MR) is 78.1 cm³/mol. The zero-order valence-corrected chi connectivity index (χ0v) is 12.1. The van der Waals surface area contributed by atoms with Crippen molar-refractivity contribution in [2.24, 2.45) is 0 Å². The van der Waals surface area contributed by atoms with Crippen LogP contribution in [0.25, 0.3) is 0 Å². The van der Waals surface area contributed by atoms with Crippen LogP contribution in [-0.2, 0) is 11.3 Å². The molecule has 1 unspecified atom stereocenters. The third-order valence-corrected chi connectivity index (χ3v) is 4.60. The Hall–Kier alpha value is -1.82. The summed E-state index contributed by atoms with van der Waals surface area (Å²) in [5.74, 6) is 1.06. The summed E-state index contributed by atoms with van der Waals surface area (Å²) in [5, 5.41) is 4.11. The first-order valence-corrected chi connectivity index (χ1v) is 7.59. The molecule has 1 aliphatic heterocycles. The highest BCUT2D eigenvalue weighted by Gasteiger charge is 2.30. The summed E-state index contributed by atoms with van der Waals surface area (Å²) < 4.78 is 1.57. The van der Waals surface area contributed by atoms with Crippen molar-refractivity contribution in [3.63, 3.8) is 0 Å². The molecule has 3 rings (SSSR count). The quantitative estimate of drug-likeness (QED) is 0.865. The number of thioether (sulfide) groups is 1. The van der Waals surface area contributed by atoms with Crippen LogP contribution < -0.4 is 0 Å². The molecule has 1 atom stereocenters. The van der Waals surface area contributed by atoms with Crippen molar-refractivity contribution in [2.75, 3.05) is 12.3 Å². The summed E-state index contributed by atoms with van der Waals surface area (Å²) >= 11 is 1.81. The number of rotatable bonds is 3. The zero-order chi connectivity index (χ0) is 13.9. The van der Waals surface area contributed by atoms with Crippen LogP contribution in [0.4, 0.5) is 0 Å². The molecule has 0 N–H and O–H groups in total. The van der Waals surface area contributed by atoms with Gasteiger partial charge in [0, 0.05) is 12.3 Å². The normalized spacial score (nSPS) is 18.4. The lowest BCUT2D eigenvalue weighted by Crippen LogP contribution is -2.33. The van der Waals surface area contributed by atoms with Gasteiger partial charge in [-0.3, -0.25) is 4.79 Å². The Balaban J connectivity index is 1.75. The van der Waals surface area contributed by atoms with Crippen LogP contribution in [0.3, 0.4) is 0 Å². The first-order chi connectivity index (χ1) is 9.74. The van der Waals surface area contributed by atoms with E-state index < -0.39 is 0 Å². The summed E-state index contributed by atoms with van der Waals surface area (Å²) in [6.07, 6.45) is 3.02. The summed E-state index contributed by atoms with van der Waals surface area (Å²) in [6, 6.07) is 8.39. The molecular formula is C14H16N4OS. The van der Waals surface area contributed by atoms with E-state index in [1.165, 1.54) is 17.5 Å². The second kappa shape index (κ2) is 5.66. The number of aromatic nitrogens is 3. The van der Waals surface area contributed by atoms with Gasteiger partial charge < -0.3 is 4.90 Å². The first-order valence-electron chi connectivity index (χ1n) is 6.54. The Labute approximate surface area is 122 Å². The van der Waals surface area contributed by atoms with Gasteiger partial charge in [0.1, 0.15) is 24.6 Å². The molecule has 2 aromatic rings. The highest BCUT2D eigenvalue weighted by molar-refractivity contribution is 7.99. The highest BCUT2D eigenvalue weighted by Crippen LogP contribution is 2.37. The largest absolute Gasteiger partial charge is 0.324 e. The minimum absolute atomic E-state index is 0.0890. The third-order valence-electron chi connectivity index (χ3n) is 3.34. The van der Waals surface area contributed by atoms with Crippen molar-refractivity contribution in [3.8, 4) is 0 Å². The van der Waals surface area contributed by atoms with E-state index in [-0.39, 0.29) is 17.8 Å². The van der Waals surface area contributed by atoms with Gasteiger partial charge in [-0.05, 0) is 12.5 Å². The van der Waals surface area contributed by atoms with Crippen LogP contribution in [0.2, 0.25) is 0 Å². The molecule has 0 bridgehead atoms. The van der Waals surface area contributed by atoms with Crippen molar-refractivity contribution in [2.45, 2.75) is 18.8 Å². The number of aryl methyl sites for hydroxylation is 1. The first kappa shape index (κ1) is 13.2. The molecule has 20 heavy (non-hydrogen) atoms. The van der Waals surface area contributed by atoms with Crippen LogP contribution in [0.5, 0.6) is 0 Å². The lowest BCUT2D eigenvalue weighted by atomic mass is 10.1. The monoisotopic (exact) mass is 288 g/mol. The predicted octanol–water partition coefficient (Wildman–Crippen LogP) is 1.86. The van der Waals surface area contributed by atoms with E-state index in [4.69, 9.17) is 0 Å². The minimum atomic E-state index is 0.0890. The number of hydrogen-bond donors (Lipinski definition) is 0. The number of hydrogen-bond acceptors (Lipinski definition) is 4. The molecule has 104 valence electrons. The number of amides is 1. The summed E-state index contributed by atoms with van der Waals surface area (Å²) in [4.78, 5) is 18.2. The lowest BCUT2D eigenvalue weighted by Gasteiger charge is -2.24. The Morgan fingerprint density at radius 3 is 2.90 bits per heavy atom. The zero-order valence-electron chi connectivity index (χ0n) is 11.3. The highest BCUT2D eigenvalue weighted by atomic mass is 32.2. The fourth-order valence-electron chi connectivity index (χ4n) is 2.28. The van der Waals surface area contributed by atoms with Crippen molar-refractivity contribution in [1.82, 2.24) is 19.7 Å². The van der Waals surface area contributed by atoms with Gasteiger partial charge in [-0.25, -0.2) is 9.67 Å². The summed E-state index contributed by atoms with van der Waals surface area (Å²) in [6.45, 7) is 3.11. The molecule has 5 nitrogen and oxygen atoms in total. The average Bonchev–Trinajstić information content (AvgIpc) is 3.10. The van der Waals surface area contributed by atoms with Crippen molar-refractivity contribution in [3.05, 3.63) is 48.0 Å². The van der Waals surface area contributed by atoms with Gasteiger partial charge in [-0.2, -0.15) is 5.10 Å². The summed E-state index contributed by atoms with van der Waals surface area (Å²) in [5.41, 5.74) is 2.42. The maximum Gasteiger partial charge on any atom is 0.245 e. The standard InChI is InChI=1S/C14H16N4OS/c1-11-2-4-12(5-3-11)14-18(6-7-20-14)13(19)8-17-10-15-9-16-17/h2-5,9-10,14H,6-8H2,1H3. The molecule has 1 saturated heterocycles. The second-order valence-corrected chi connectivity index (χ2v) is 6.00. The third kappa shape index (κ3) is 2.70. The van der Waals surface area contributed by atoms with E-state index in [0.29, 0.717) is 0 Å². The Morgan fingerprint density at radius 2 is 2.20 bits per heavy atom. The Kier molecular flexibility index (Phi) is 3.73. The maximum atomic E-state index is 12.4. The van der Waals surface area contributed by atoms with Crippen LogP contribution in [0.1, 0.15) is 16.5 Å².